The molecule has 0 aromatic heterocycles. The first-order valence-corrected chi connectivity index (χ1v) is 8.19. The summed E-state index contributed by atoms with van der Waals surface area (Å²) in [6.07, 6.45) is 0.538. The van der Waals surface area contributed by atoms with E-state index in [0.29, 0.717) is 23.4 Å². The van der Waals surface area contributed by atoms with Crippen molar-refractivity contribution in [3.05, 3.63) is 59.4 Å². The summed E-state index contributed by atoms with van der Waals surface area (Å²) in [7, 11) is 0. The number of anilines is 1. The van der Waals surface area contributed by atoms with Crippen molar-refractivity contribution in [1.82, 2.24) is 5.32 Å². The highest BCUT2D eigenvalue weighted by Gasteiger charge is 2.34. The Morgan fingerprint density at radius 2 is 2.00 bits per heavy atom. The van der Waals surface area contributed by atoms with Crippen LogP contribution in [-0.2, 0) is 0 Å². The van der Waals surface area contributed by atoms with Crippen LogP contribution < -0.4 is 21.1 Å². The van der Waals surface area contributed by atoms with Crippen molar-refractivity contribution in [3.63, 3.8) is 0 Å². The maximum absolute atomic E-state index is 13.5. The molecule has 0 radical (unpaired) electrons. The number of rotatable bonds is 3. The lowest BCUT2D eigenvalue weighted by Crippen LogP contribution is -2.41. The van der Waals surface area contributed by atoms with Gasteiger partial charge in [0.25, 0.3) is 5.91 Å². The van der Waals surface area contributed by atoms with Gasteiger partial charge in [0.15, 0.2) is 0 Å². The van der Waals surface area contributed by atoms with Crippen molar-refractivity contribution in [1.29, 1.82) is 0 Å². The predicted molar refractivity (Wildman–Crippen MR) is 95.6 cm³/mol. The molecular weight excluding hydrogens is 337 g/mol. The summed E-state index contributed by atoms with van der Waals surface area (Å²) in [5, 5.41) is 5.40. The summed E-state index contributed by atoms with van der Waals surface area (Å²) < 4.78 is 19.4. The molecule has 0 saturated heterocycles. The fourth-order valence-corrected chi connectivity index (χ4v) is 3.08. The zero-order valence-electron chi connectivity index (χ0n) is 14.5. The molecule has 1 aliphatic heterocycles. The molecule has 0 fully saturated rings. The topological polar surface area (TPSA) is 93.5 Å². The number of benzene rings is 2. The Kier molecular flexibility index (Phi) is 4.54. The molecule has 3 rings (SSSR count). The molecule has 136 valence electrons. The van der Waals surface area contributed by atoms with Crippen molar-refractivity contribution in [3.8, 4) is 5.75 Å². The van der Waals surface area contributed by atoms with Gasteiger partial charge in [0.2, 0.25) is 0 Å². The number of nitrogens with one attached hydrogen (secondary N) is 2. The maximum Gasteiger partial charge on any atom is 0.316 e. The number of halogens is 1. The van der Waals surface area contributed by atoms with Crippen LogP contribution in [-0.4, -0.2) is 17.5 Å². The Labute approximate surface area is 150 Å². The summed E-state index contributed by atoms with van der Waals surface area (Å²) in [5.41, 5.74) is 6.09. The van der Waals surface area contributed by atoms with Crippen LogP contribution in [0, 0.1) is 5.82 Å². The number of amides is 3. The molecule has 0 bridgehead atoms. The number of carbonyl (C=O) groups excluding carboxylic acids is 2. The molecule has 26 heavy (non-hydrogen) atoms. The summed E-state index contributed by atoms with van der Waals surface area (Å²) in [6.45, 7) is 3.77. The predicted octanol–water partition coefficient (Wildman–Crippen LogP) is 3.35. The van der Waals surface area contributed by atoms with Crippen molar-refractivity contribution >= 4 is 17.6 Å². The maximum atomic E-state index is 13.5. The number of primary amides is 1. The van der Waals surface area contributed by atoms with E-state index < -0.39 is 17.4 Å². The third kappa shape index (κ3) is 3.93. The standard InChI is InChI=1S/C19H20FN3O3/c1-19(2)10-15(14-7-6-12(20)9-16(14)26-19)23-17(24)11-4-3-5-13(8-11)22-18(21)25/h3-9,15H,10H2,1-2H3,(H,23,24)(H3,21,22,25). The molecule has 1 unspecified atom stereocenters. The minimum absolute atomic E-state index is 0.309. The fourth-order valence-electron chi connectivity index (χ4n) is 3.08. The molecule has 7 heteroatoms. The Bertz CT molecular complexity index is 867. The Balaban J connectivity index is 1.84. The molecule has 6 nitrogen and oxygen atoms in total. The van der Waals surface area contributed by atoms with Crippen molar-refractivity contribution < 1.29 is 18.7 Å². The normalized spacial score (nSPS) is 17.6. The summed E-state index contributed by atoms with van der Waals surface area (Å²) >= 11 is 0. The van der Waals surface area contributed by atoms with Crippen LogP contribution >= 0.6 is 0 Å². The number of nitrogens with two attached hydrogens (primary N) is 1. The number of hydrogen-bond acceptors (Lipinski definition) is 3. The van der Waals surface area contributed by atoms with E-state index in [1.807, 2.05) is 13.8 Å². The van der Waals surface area contributed by atoms with E-state index >= 15 is 0 Å². The monoisotopic (exact) mass is 357 g/mol. The fraction of sp³-hybridized carbons (Fsp3) is 0.263. The molecule has 2 aromatic carbocycles. The Morgan fingerprint density at radius 3 is 2.73 bits per heavy atom. The third-order valence-corrected chi connectivity index (χ3v) is 4.13. The number of carbonyl (C=O) groups is 2. The van der Waals surface area contributed by atoms with Gasteiger partial charge in [-0.2, -0.15) is 0 Å². The van der Waals surface area contributed by atoms with Crippen LogP contribution in [0.4, 0.5) is 14.9 Å². The average Bonchev–Trinajstić information content (AvgIpc) is 2.52. The summed E-state index contributed by atoms with van der Waals surface area (Å²) in [5.74, 6) is -0.274. The second-order valence-corrected chi connectivity index (χ2v) is 6.84. The van der Waals surface area contributed by atoms with E-state index in [2.05, 4.69) is 10.6 Å². The van der Waals surface area contributed by atoms with Crippen molar-refractivity contribution in [2.45, 2.75) is 31.9 Å². The molecule has 3 amide bonds. The van der Waals surface area contributed by atoms with Gasteiger partial charge in [-0.3, -0.25) is 4.79 Å². The van der Waals surface area contributed by atoms with Gasteiger partial charge in [-0.1, -0.05) is 12.1 Å². The van der Waals surface area contributed by atoms with Gasteiger partial charge >= 0.3 is 6.03 Å². The lowest BCUT2D eigenvalue weighted by atomic mass is 9.89. The molecule has 1 heterocycles. The smallest absolute Gasteiger partial charge is 0.316 e. The number of urea groups is 1. The average molecular weight is 357 g/mol. The molecule has 0 aliphatic carbocycles. The molecule has 1 atom stereocenters. The molecule has 0 saturated carbocycles. The minimum Gasteiger partial charge on any atom is -0.487 e. The molecule has 4 N–H and O–H groups in total. The Hall–Kier alpha value is -3.09. The van der Waals surface area contributed by atoms with E-state index in [9.17, 15) is 14.0 Å². The van der Waals surface area contributed by atoms with Gasteiger partial charge in [-0.15, -0.1) is 0 Å². The SMILES string of the molecule is CC1(C)CC(NC(=O)c2cccc(NC(N)=O)c2)c2ccc(F)cc2O1. The van der Waals surface area contributed by atoms with Crippen LogP contribution in [0.3, 0.4) is 0 Å². The minimum atomic E-state index is -0.704. The molecule has 1 aliphatic rings. The Morgan fingerprint density at radius 1 is 1.23 bits per heavy atom. The van der Waals surface area contributed by atoms with E-state index in [-0.39, 0.29) is 11.9 Å². The lowest BCUT2D eigenvalue weighted by molar-refractivity contribution is 0.0616. The number of fused-ring (bicyclic) bond motifs is 1. The van der Waals surface area contributed by atoms with Crippen molar-refractivity contribution in [2.75, 3.05) is 5.32 Å². The highest BCUT2D eigenvalue weighted by atomic mass is 19.1. The lowest BCUT2D eigenvalue weighted by Gasteiger charge is -2.37. The van der Waals surface area contributed by atoms with E-state index in [0.717, 1.165) is 5.56 Å². The van der Waals surface area contributed by atoms with Crippen LogP contribution in [0.5, 0.6) is 5.75 Å². The van der Waals surface area contributed by atoms with Gasteiger partial charge < -0.3 is 21.1 Å². The van der Waals surface area contributed by atoms with Crippen LogP contribution in [0.2, 0.25) is 0 Å². The van der Waals surface area contributed by atoms with Gasteiger partial charge in [-0.25, -0.2) is 9.18 Å². The van der Waals surface area contributed by atoms with E-state index in [1.54, 1.807) is 24.3 Å². The van der Waals surface area contributed by atoms with Gasteiger partial charge in [0, 0.05) is 29.3 Å². The highest BCUT2D eigenvalue weighted by molar-refractivity contribution is 5.96. The van der Waals surface area contributed by atoms with Gasteiger partial charge in [0.05, 0.1) is 6.04 Å². The molecular formula is C19H20FN3O3. The quantitative estimate of drug-likeness (QED) is 0.786. The molecule has 0 spiro atoms. The summed E-state index contributed by atoms with van der Waals surface area (Å²) in [6, 6.07) is 9.72. The highest BCUT2D eigenvalue weighted by Crippen LogP contribution is 2.39. The number of hydrogen-bond donors (Lipinski definition) is 3. The van der Waals surface area contributed by atoms with Crippen molar-refractivity contribution in [2.24, 2.45) is 5.73 Å². The zero-order chi connectivity index (χ0) is 18.9. The third-order valence-electron chi connectivity index (χ3n) is 4.13. The van der Waals surface area contributed by atoms with E-state index in [1.165, 1.54) is 18.2 Å². The zero-order valence-corrected chi connectivity index (χ0v) is 14.5. The first-order valence-electron chi connectivity index (χ1n) is 8.19. The largest absolute Gasteiger partial charge is 0.487 e. The first kappa shape index (κ1) is 17.7. The van der Waals surface area contributed by atoms with Crippen LogP contribution in [0.15, 0.2) is 42.5 Å². The first-order chi connectivity index (χ1) is 12.2. The van der Waals surface area contributed by atoms with Crippen LogP contribution in [0.1, 0.15) is 42.2 Å². The van der Waals surface area contributed by atoms with Crippen LogP contribution in [0.25, 0.3) is 0 Å². The second kappa shape index (κ2) is 6.67. The molecule has 2 aromatic rings. The van der Waals surface area contributed by atoms with Gasteiger partial charge in [0.1, 0.15) is 17.2 Å². The van der Waals surface area contributed by atoms with Gasteiger partial charge in [-0.05, 0) is 38.1 Å². The van der Waals surface area contributed by atoms with E-state index in [4.69, 9.17) is 10.5 Å². The summed E-state index contributed by atoms with van der Waals surface area (Å²) in [4.78, 5) is 23.6. The number of ether oxygens (including phenoxy) is 1. The second-order valence-electron chi connectivity index (χ2n) is 6.84.